The topological polar surface area (TPSA) is 46.3 Å². The van der Waals surface area contributed by atoms with E-state index < -0.39 is 0 Å². The predicted octanol–water partition coefficient (Wildman–Crippen LogP) is 3.00. The summed E-state index contributed by atoms with van der Waals surface area (Å²) >= 11 is 0. The van der Waals surface area contributed by atoms with Crippen LogP contribution in [0, 0.1) is 6.92 Å². The largest absolute Gasteiger partial charge is 0.335 e. The van der Waals surface area contributed by atoms with E-state index in [0.29, 0.717) is 12.5 Å². The van der Waals surface area contributed by atoms with Gasteiger partial charge in [-0.05, 0) is 31.7 Å². The van der Waals surface area contributed by atoms with E-state index in [1.807, 2.05) is 4.90 Å². The zero-order chi connectivity index (χ0) is 14.5. The predicted molar refractivity (Wildman–Crippen MR) is 82.3 cm³/mol. The van der Waals surface area contributed by atoms with Gasteiger partial charge in [-0.1, -0.05) is 43.2 Å². The maximum atomic E-state index is 12.4. The van der Waals surface area contributed by atoms with Crippen molar-refractivity contribution in [2.45, 2.75) is 64.6 Å². The Kier molecular flexibility index (Phi) is 5.18. The summed E-state index contributed by atoms with van der Waals surface area (Å²) in [5.41, 5.74) is 8.47. The van der Waals surface area contributed by atoms with Crippen LogP contribution in [0.3, 0.4) is 0 Å². The lowest BCUT2D eigenvalue weighted by atomic mass is 10.1. The van der Waals surface area contributed by atoms with Gasteiger partial charge in [-0.3, -0.25) is 4.79 Å². The summed E-state index contributed by atoms with van der Waals surface area (Å²) < 4.78 is 0. The van der Waals surface area contributed by atoms with Crippen LogP contribution in [0.5, 0.6) is 0 Å². The molecule has 0 radical (unpaired) electrons. The molecule has 0 spiro atoms. The molecular weight excluding hydrogens is 248 g/mol. The number of nitrogens with zero attached hydrogens (tertiary/aromatic N) is 1. The van der Waals surface area contributed by atoms with Crippen molar-refractivity contribution >= 4 is 5.91 Å². The fraction of sp³-hybridized carbons (Fsp3) is 0.588. The van der Waals surface area contributed by atoms with Crippen molar-refractivity contribution in [1.82, 2.24) is 4.90 Å². The number of benzene rings is 1. The maximum absolute atomic E-state index is 12.4. The Labute approximate surface area is 122 Å². The monoisotopic (exact) mass is 274 g/mol. The average molecular weight is 274 g/mol. The Morgan fingerprint density at radius 3 is 2.80 bits per heavy atom. The van der Waals surface area contributed by atoms with Crippen LogP contribution >= 0.6 is 0 Å². The zero-order valence-electron chi connectivity index (χ0n) is 12.6. The lowest BCUT2D eigenvalue weighted by molar-refractivity contribution is -0.132. The molecule has 2 rings (SSSR count). The highest BCUT2D eigenvalue weighted by Crippen LogP contribution is 2.29. The Bertz CT molecular complexity index is 454. The van der Waals surface area contributed by atoms with E-state index >= 15 is 0 Å². The number of hydrogen-bond acceptors (Lipinski definition) is 2. The Morgan fingerprint density at radius 2 is 2.20 bits per heavy atom. The SMILES string of the molecule is CCCC(N)CC(=O)N(Cc1cccc(C)c1)C1CC1. The zero-order valence-corrected chi connectivity index (χ0v) is 12.6. The molecule has 0 saturated heterocycles. The third-order valence-corrected chi connectivity index (χ3v) is 3.84. The van der Waals surface area contributed by atoms with Gasteiger partial charge in [-0.25, -0.2) is 0 Å². The molecule has 1 aliphatic rings. The van der Waals surface area contributed by atoms with Crippen molar-refractivity contribution in [1.29, 1.82) is 0 Å². The molecule has 1 unspecified atom stereocenters. The van der Waals surface area contributed by atoms with E-state index in [-0.39, 0.29) is 11.9 Å². The second kappa shape index (κ2) is 6.89. The molecule has 110 valence electrons. The number of amides is 1. The van der Waals surface area contributed by atoms with Crippen LogP contribution in [0.1, 0.15) is 50.2 Å². The second-order valence-electron chi connectivity index (χ2n) is 5.99. The van der Waals surface area contributed by atoms with Gasteiger partial charge in [0.25, 0.3) is 0 Å². The van der Waals surface area contributed by atoms with Crippen LogP contribution in [0.4, 0.5) is 0 Å². The molecule has 1 fully saturated rings. The molecule has 2 N–H and O–H groups in total. The molecular formula is C17H26N2O. The number of carbonyl (C=O) groups is 1. The van der Waals surface area contributed by atoms with Gasteiger partial charge in [0.2, 0.25) is 5.91 Å². The summed E-state index contributed by atoms with van der Waals surface area (Å²) in [6, 6.07) is 8.85. The summed E-state index contributed by atoms with van der Waals surface area (Å²) in [6.45, 7) is 4.92. The first-order chi connectivity index (χ1) is 9.60. The minimum Gasteiger partial charge on any atom is -0.335 e. The lowest BCUT2D eigenvalue weighted by Crippen LogP contribution is -2.37. The first kappa shape index (κ1) is 15.0. The van der Waals surface area contributed by atoms with Crippen molar-refractivity contribution in [3.05, 3.63) is 35.4 Å². The van der Waals surface area contributed by atoms with Gasteiger partial charge in [0, 0.05) is 25.0 Å². The van der Waals surface area contributed by atoms with Crippen LogP contribution in [-0.4, -0.2) is 22.9 Å². The Balaban J connectivity index is 1.98. The summed E-state index contributed by atoms with van der Waals surface area (Å²) in [7, 11) is 0. The molecule has 0 bridgehead atoms. The molecule has 1 amide bonds. The fourth-order valence-corrected chi connectivity index (χ4v) is 2.63. The van der Waals surface area contributed by atoms with Crippen LogP contribution in [0.15, 0.2) is 24.3 Å². The van der Waals surface area contributed by atoms with Crippen LogP contribution in [0.25, 0.3) is 0 Å². The highest BCUT2D eigenvalue weighted by molar-refractivity contribution is 5.77. The molecule has 20 heavy (non-hydrogen) atoms. The van der Waals surface area contributed by atoms with Gasteiger partial charge >= 0.3 is 0 Å². The van der Waals surface area contributed by atoms with Gasteiger partial charge in [0.1, 0.15) is 0 Å². The van der Waals surface area contributed by atoms with E-state index in [1.54, 1.807) is 0 Å². The molecule has 0 heterocycles. The van der Waals surface area contributed by atoms with Gasteiger partial charge in [0.05, 0.1) is 0 Å². The standard InChI is InChI=1S/C17H26N2O/c1-3-5-15(18)11-17(20)19(16-8-9-16)12-14-7-4-6-13(2)10-14/h4,6-7,10,15-16H,3,5,8-9,11-12,18H2,1-2H3. The van der Waals surface area contributed by atoms with Crippen LogP contribution in [-0.2, 0) is 11.3 Å². The quantitative estimate of drug-likeness (QED) is 0.831. The molecule has 1 aliphatic carbocycles. The van der Waals surface area contributed by atoms with Gasteiger partial charge in [0.15, 0.2) is 0 Å². The highest BCUT2D eigenvalue weighted by Gasteiger charge is 2.32. The molecule has 3 nitrogen and oxygen atoms in total. The minimum atomic E-state index is 0.00580. The normalized spacial score (nSPS) is 15.9. The molecule has 0 aliphatic heterocycles. The van der Waals surface area contributed by atoms with Crippen molar-refractivity contribution in [3.63, 3.8) is 0 Å². The van der Waals surface area contributed by atoms with Crippen molar-refractivity contribution in [2.75, 3.05) is 0 Å². The second-order valence-corrected chi connectivity index (χ2v) is 5.99. The molecule has 1 atom stereocenters. The molecule has 0 aromatic heterocycles. The van der Waals surface area contributed by atoms with E-state index in [4.69, 9.17) is 5.73 Å². The number of hydrogen-bond donors (Lipinski definition) is 1. The van der Waals surface area contributed by atoms with E-state index in [2.05, 4.69) is 38.1 Å². The number of nitrogens with two attached hydrogens (primary N) is 1. The molecule has 1 aromatic rings. The van der Waals surface area contributed by atoms with E-state index in [0.717, 1.165) is 32.2 Å². The first-order valence-corrected chi connectivity index (χ1v) is 7.70. The summed E-state index contributed by atoms with van der Waals surface area (Å²) in [5.74, 6) is 0.218. The maximum Gasteiger partial charge on any atom is 0.224 e. The number of aryl methyl sites for hydroxylation is 1. The van der Waals surface area contributed by atoms with Crippen molar-refractivity contribution in [3.8, 4) is 0 Å². The minimum absolute atomic E-state index is 0.00580. The number of rotatable bonds is 7. The van der Waals surface area contributed by atoms with Gasteiger partial charge < -0.3 is 10.6 Å². The number of carbonyl (C=O) groups excluding carboxylic acids is 1. The average Bonchev–Trinajstić information content (AvgIpc) is 3.20. The fourth-order valence-electron chi connectivity index (χ4n) is 2.63. The van der Waals surface area contributed by atoms with Gasteiger partial charge in [-0.15, -0.1) is 0 Å². The van der Waals surface area contributed by atoms with Gasteiger partial charge in [-0.2, -0.15) is 0 Å². The highest BCUT2D eigenvalue weighted by atomic mass is 16.2. The Morgan fingerprint density at radius 1 is 1.45 bits per heavy atom. The summed E-state index contributed by atoms with van der Waals surface area (Å²) in [4.78, 5) is 14.5. The van der Waals surface area contributed by atoms with Crippen LogP contribution in [0.2, 0.25) is 0 Å². The summed E-state index contributed by atoms with van der Waals surface area (Å²) in [5, 5.41) is 0. The third-order valence-electron chi connectivity index (χ3n) is 3.84. The van der Waals surface area contributed by atoms with Crippen LogP contribution < -0.4 is 5.73 Å². The third kappa shape index (κ3) is 4.34. The first-order valence-electron chi connectivity index (χ1n) is 7.70. The Hall–Kier alpha value is -1.35. The lowest BCUT2D eigenvalue weighted by Gasteiger charge is -2.24. The molecule has 1 aromatic carbocycles. The summed E-state index contributed by atoms with van der Waals surface area (Å²) in [6.07, 6.45) is 4.72. The molecule has 1 saturated carbocycles. The van der Waals surface area contributed by atoms with Crippen molar-refractivity contribution < 1.29 is 4.79 Å². The van der Waals surface area contributed by atoms with E-state index in [1.165, 1.54) is 11.1 Å². The van der Waals surface area contributed by atoms with Crippen molar-refractivity contribution in [2.24, 2.45) is 5.73 Å². The van der Waals surface area contributed by atoms with E-state index in [9.17, 15) is 4.79 Å². The smallest absolute Gasteiger partial charge is 0.224 e. The molecule has 3 heteroatoms.